The average Bonchev–Trinajstić information content (AvgIpc) is 2.91. The summed E-state index contributed by atoms with van der Waals surface area (Å²) in [7, 11) is 1.26. The minimum Gasteiger partial charge on any atom is -0.467 e. The van der Waals surface area contributed by atoms with E-state index in [-0.39, 0.29) is 30.7 Å². The number of ether oxygens (including phenoxy) is 2. The monoisotopic (exact) mass is 620 g/mol. The first-order chi connectivity index (χ1) is 20.4. The van der Waals surface area contributed by atoms with Crippen molar-refractivity contribution in [2.45, 2.75) is 117 Å². The van der Waals surface area contributed by atoms with Gasteiger partial charge in [-0.25, -0.2) is 9.59 Å². The van der Waals surface area contributed by atoms with E-state index in [2.05, 4.69) is 21.3 Å². The highest BCUT2D eigenvalue weighted by atomic mass is 16.6. The van der Waals surface area contributed by atoms with Crippen LogP contribution >= 0.6 is 0 Å². The number of aliphatic hydroxyl groups excluding tert-OH is 1. The van der Waals surface area contributed by atoms with Crippen molar-refractivity contribution in [2.24, 2.45) is 17.8 Å². The molecule has 44 heavy (non-hydrogen) atoms. The fraction of sp³-hybridized carbons (Fsp3) is 0.697. The number of nitrogens with one attached hydrogen (secondary N) is 4. The lowest BCUT2D eigenvalue weighted by Crippen LogP contribution is -2.58. The van der Waals surface area contributed by atoms with Gasteiger partial charge < -0.3 is 35.8 Å². The Bertz CT molecular complexity index is 1040. The van der Waals surface area contributed by atoms with Crippen LogP contribution in [0.15, 0.2) is 30.3 Å². The van der Waals surface area contributed by atoms with Crippen molar-refractivity contribution in [1.29, 1.82) is 0 Å². The lowest BCUT2D eigenvalue weighted by Gasteiger charge is -2.30. The molecular formula is C33H56N4O7. The van der Waals surface area contributed by atoms with Crippen LogP contribution in [-0.2, 0) is 30.3 Å². The highest BCUT2D eigenvalue weighted by molar-refractivity contribution is 5.92. The number of methoxy groups -OCH3 is 1. The second-order valence-corrected chi connectivity index (χ2v) is 13.5. The number of rotatable bonds is 17. The molecule has 5 N–H and O–H groups in total. The number of benzene rings is 1. The maximum Gasteiger partial charge on any atom is 0.407 e. The van der Waals surface area contributed by atoms with Crippen molar-refractivity contribution in [3.05, 3.63) is 35.9 Å². The van der Waals surface area contributed by atoms with Crippen LogP contribution in [-0.4, -0.2) is 78.5 Å². The zero-order valence-corrected chi connectivity index (χ0v) is 28.2. The summed E-state index contributed by atoms with van der Waals surface area (Å²) in [4.78, 5) is 51.9. The van der Waals surface area contributed by atoms with Gasteiger partial charge in [0.25, 0.3) is 0 Å². The van der Waals surface area contributed by atoms with Crippen molar-refractivity contribution in [3.63, 3.8) is 0 Å². The van der Waals surface area contributed by atoms with Gasteiger partial charge >= 0.3 is 12.1 Å². The van der Waals surface area contributed by atoms with E-state index in [0.29, 0.717) is 12.8 Å². The zero-order valence-electron chi connectivity index (χ0n) is 28.2. The van der Waals surface area contributed by atoms with Crippen LogP contribution < -0.4 is 21.3 Å². The van der Waals surface area contributed by atoms with Crippen molar-refractivity contribution >= 4 is 23.9 Å². The minimum absolute atomic E-state index is 0.0258. The van der Waals surface area contributed by atoms with E-state index in [0.717, 1.165) is 5.56 Å². The summed E-state index contributed by atoms with van der Waals surface area (Å²) >= 11 is 0. The number of hydrogen-bond acceptors (Lipinski definition) is 8. The van der Waals surface area contributed by atoms with E-state index >= 15 is 0 Å². The summed E-state index contributed by atoms with van der Waals surface area (Å²) in [5, 5.41) is 22.6. The van der Waals surface area contributed by atoms with Crippen LogP contribution in [0.25, 0.3) is 0 Å². The third kappa shape index (κ3) is 15.0. The van der Waals surface area contributed by atoms with Gasteiger partial charge in [0.15, 0.2) is 0 Å². The third-order valence-corrected chi connectivity index (χ3v) is 6.82. The Morgan fingerprint density at radius 2 is 1.41 bits per heavy atom. The number of hydrogen-bond donors (Lipinski definition) is 5. The van der Waals surface area contributed by atoms with Crippen molar-refractivity contribution < 1.29 is 33.8 Å². The van der Waals surface area contributed by atoms with Crippen LogP contribution in [0.4, 0.5) is 4.79 Å². The number of esters is 1. The molecule has 0 bridgehead atoms. The maximum atomic E-state index is 13.5. The Morgan fingerprint density at radius 3 is 1.91 bits per heavy atom. The molecule has 0 aromatic heterocycles. The van der Waals surface area contributed by atoms with Gasteiger partial charge in [-0.2, -0.15) is 0 Å². The fourth-order valence-electron chi connectivity index (χ4n) is 4.67. The topological polar surface area (TPSA) is 155 Å². The smallest absolute Gasteiger partial charge is 0.407 e. The first-order valence-corrected chi connectivity index (χ1v) is 15.6. The number of alkyl carbamates (subject to hydrolysis) is 1. The number of amides is 3. The van der Waals surface area contributed by atoms with Gasteiger partial charge in [-0.05, 0) is 56.9 Å². The molecule has 0 saturated heterocycles. The Balaban J connectivity index is 3.02. The maximum absolute atomic E-state index is 13.5. The summed E-state index contributed by atoms with van der Waals surface area (Å²) in [5.41, 5.74) is 0.165. The Labute approximate surface area is 263 Å². The molecule has 250 valence electrons. The SMILES string of the molecule is COC(=O)[C@H](Cc1ccccc1)NC(=O)[C@@H](NC(=O)[C@H](CC(C)C)NCC(O)[C@H](CC(C)C)NC(=O)OC(C)(C)C)C(C)C. The second kappa shape index (κ2) is 18.6. The summed E-state index contributed by atoms with van der Waals surface area (Å²) in [5.74, 6) is -1.46. The van der Waals surface area contributed by atoms with E-state index in [1.54, 1.807) is 20.8 Å². The molecule has 5 atom stereocenters. The molecule has 0 radical (unpaired) electrons. The van der Waals surface area contributed by atoms with E-state index in [1.807, 2.05) is 71.9 Å². The second-order valence-electron chi connectivity index (χ2n) is 13.5. The van der Waals surface area contributed by atoms with E-state index in [1.165, 1.54) is 7.11 Å². The molecule has 11 nitrogen and oxygen atoms in total. The fourth-order valence-corrected chi connectivity index (χ4v) is 4.67. The van der Waals surface area contributed by atoms with Gasteiger partial charge in [-0.15, -0.1) is 0 Å². The zero-order chi connectivity index (χ0) is 33.6. The van der Waals surface area contributed by atoms with Crippen LogP contribution in [0.3, 0.4) is 0 Å². The predicted molar refractivity (Wildman–Crippen MR) is 171 cm³/mol. The first-order valence-electron chi connectivity index (χ1n) is 15.6. The molecule has 1 rings (SSSR count). The van der Waals surface area contributed by atoms with Crippen LogP contribution in [0.2, 0.25) is 0 Å². The number of aliphatic hydroxyl groups is 1. The van der Waals surface area contributed by atoms with Gasteiger partial charge in [0.2, 0.25) is 11.8 Å². The number of carbonyl (C=O) groups is 4. The molecule has 0 fully saturated rings. The molecule has 11 heteroatoms. The quantitative estimate of drug-likeness (QED) is 0.166. The van der Waals surface area contributed by atoms with Gasteiger partial charge in [-0.1, -0.05) is 71.9 Å². The van der Waals surface area contributed by atoms with Crippen LogP contribution in [0.5, 0.6) is 0 Å². The lowest BCUT2D eigenvalue weighted by atomic mass is 9.97. The average molecular weight is 621 g/mol. The van der Waals surface area contributed by atoms with Gasteiger partial charge in [0.05, 0.1) is 25.3 Å². The molecule has 0 spiro atoms. The molecule has 3 amide bonds. The van der Waals surface area contributed by atoms with Gasteiger partial charge in [0, 0.05) is 13.0 Å². The van der Waals surface area contributed by atoms with Gasteiger partial charge in [-0.3, -0.25) is 9.59 Å². The minimum atomic E-state index is -1.00. The van der Waals surface area contributed by atoms with E-state index in [9.17, 15) is 24.3 Å². The highest BCUT2D eigenvalue weighted by Crippen LogP contribution is 2.14. The molecule has 0 saturated carbocycles. The third-order valence-electron chi connectivity index (χ3n) is 6.82. The predicted octanol–water partition coefficient (Wildman–Crippen LogP) is 3.33. The van der Waals surface area contributed by atoms with Crippen molar-refractivity contribution in [1.82, 2.24) is 21.3 Å². The summed E-state index contributed by atoms with van der Waals surface area (Å²) in [6.45, 7) is 16.9. The Hall–Kier alpha value is -3.18. The van der Waals surface area contributed by atoms with E-state index < -0.39 is 59.7 Å². The Kier molecular flexibility index (Phi) is 16.4. The molecule has 0 aliphatic heterocycles. The normalized spacial score (nSPS) is 15.2. The van der Waals surface area contributed by atoms with Crippen molar-refractivity contribution in [2.75, 3.05) is 13.7 Å². The lowest BCUT2D eigenvalue weighted by molar-refractivity contribution is -0.145. The van der Waals surface area contributed by atoms with Crippen molar-refractivity contribution in [3.8, 4) is 0 Å². The summed E-state index contributed by atoms with van der Waals surface area (Å²) in [6.07, 6.45) is -0.443. The largest absolute Gasteiger partial charge is 0.467 e. The molecule has 1 aromatic carbocycles. The molecule has 1 unspecified atom stereocenters. The van der Waals surface area contributed by atoms with Crippen LogP contribution in [0.1, 0.15) is 80.7 Å². The summed E-state index contributed by atoms with van der Waals surface area (Å²) in [6, 6.07) is 6.10. The van der Waals surface area contributed by atoms with Gasteiger partial charge in [0.1, 0.15) is 17.7 Å². The molecule has 0 aliphatic rings. The first kappa shape index (κ1) is 38.8. The van der Waals surface area contributed by atoms with E-state index in [4.69, 9.17) is 9.47 Å². The summed E-state index contributed by atoms with van der Waals surface area (Å²) < 4.78 is 10.3. The van der Waals surface area contributed by atoms with Crippen LogP contribution in [0, 0.1) is 17.8 Å². The highest BCUT2D eigenvalue weighted by Gasteiger charge is 2.32. The standard InChI is InChI=1S/C33H56N4O7/c1-20(2)16-24(36-32(42)44-33(7,8)9)27(38)19-34-25(17-21(3)4)29(39)37-28(22(5)6)30(40)35-26(31(41)43-10)18-23-14-12-11-13-15-23/h11-15,20-22,24-28,34,38H,16-19H2,1-10H3,(H,35,40)(H,36,42)(H,37,39)/t24-,25-,26-,27?,28-/m0/s1. The molecule has 0 heterocycles. The number of carbonyl (C=O) groups excluding carboxylic acids is 4. The molecule has 0 aliphatic carbocycles. The molecular weight excluding hydrogens is 564 g/mol. The Morgan fingerprint density at radius 1 is 0.818 bits per heavy atom. The molecule has 1 aromatic rings.